The molecule has 0 aliphatic rings. The van der Waals surface area contributed by atoms with Crippen LogP contribution in [0.15, 0.2) is 35.7 Å². The zero-order valence-corrected chi connectivity index (χ0v) is 10.6. The van der Waals surface area contributed by atoms with Crippen molar-refractivity contribution in [3.63, 3.8) is 0 Å². The van der Waals surface area contributed by atoms with Gasteiger partial charge in [0.1, 0.15) is 5.69 Å². The number of nitro groups is 1. The van der Waals surface area contributed by atoms with Gasteiger partial charge in [0, 0.05) is 11.8 Å². The van der Waals surface area contributed by atoms with E-state index in [0.717, 1.165) is 0 Å². The zero-order valence-electron chi connectivity index (χ0n) is 10.6. The van der Waals surface area contributed by atoms with E-state index in [9.17, 15) is 14.9 Å². The van der Waals surface area contributed by atoms with Gasteiger partial charge in [0.05, 0.1) is 16.3 Å². The van der Waals surface area contributed by atoms with E-state index in [0.29, 0.717) is 17.8 Å². The van der Waals surface area contributed by atoms with E-state index in [1.165, 1.54) is 13.0 Å². The normalized spacial score (nSPS) is 11.3. The summed E-state index contributed by atoms with van der Waals surface area (Å²) in [5.74, 6) is 0. The number of carbonyl (C=O) groups is 1. The lowest BCUT2D eigenvalue weighted by molar-refractivity contribution is -0.383. The van der Waals surface area contributed by atoms with Crippen molar-refractivity contribution in [1.82, 2.24) is 5.32 Å². The van der Waals surface area contributed by atoms with Crippen LogP contribution in [0.3, 0.4) is 0 Å². The molecule has 0 aliphatic heterocycles. The molecule has 0 unspecified atom stereocenters. The predicted octanol–water partition coefficient (Wildman–Crippen LogP) is 2.02. The Labute approximate surface area is 110 Å². The van der Waals surface area contributed by atoms with Crippen LogP contribution in [0.4, 0.5) is 11.4 Å². The van der Waals surface area contributed by atoms with Crippen molar-refractivity contribution in [3.8, 4) is 0 Å². The number of nitrogens with one attached hydrogen (secondary N) is 3. The number of hydrogen-bond acceptors (Lipinski definition) is 5. The average Bonchev–Trinajstić information content (AvgIpc) is 2.35. The molecule has 100 valence electrons. The maximum absolute atomic E-state index is 10.9. The lowest BCUT2D eigenvalue weighted by atomic mass is 10.2. The van der Waals surface area contributed by atoms with Crippen LogP contribution in [0.1, 0.15) is 13.8 Å². The Morgan fingerprint density at radius 2 is 2.00 bits per heavy atom. The van der Waals surface area contributed by atoms with Crippen molar-refractivity contribution in [3.05, 3.63) is 45.8 Å². The minimum Gasteiger partial charge on any atom is -0.352 e. The summed E-state index contributed by atoms with van der Waals surface area (Å²) in [5, 5.41) is 23.6. The Hall–Kier alpha value is -2.70. The van der Waals surface area contributed by atoms with Crippen molar-refractivity contribution in [1.29, 1.82) is 5.41 Å². The second-order valence-electron chi connectivity index (χ2n) is 3.79. The van der Waals surface area contributed by atoms with E-state index >= 15 is 0 Å². The monoisotopic (exact) mass is 262 g/mol. The Kier molecular flexibility index (Phi) is 4.76. The molecule has 7 nitrogen and oxygen atoms in total. The molecule has 1 rings (SSSR count). The van der Waals surface area contributed by atoms with Gasteiger partial charge in [-0.2, -0.15) is 0 Å². The molecule has 0 aromatic heterocycles. The van der Waals surface area contributed by atoms with Crippen LogP contribution in [0, 0.1) is 15.5 Å². The Morgan fingerprint density at radius 1 is 1.37 bits per heavy atom. The van der Waals surface area contributed by atoms with Gasteiger partial charge in [0.15, 0.2) is 0 Å². The lowest BCUT2D eigenvalue weighted by Gasteiger charge is -2.12. The highest BCUT2D eigenvalue weighted by Gasteiger charge is 2.13. The van der Waals surface area contributed by atoms with Crippen molar-refractivity contribution >= 4 is 23.5 Å². The summed E-state index contributed by atoms with van der Waals surface area (Å²) in [6.45, 7) is 3.14. The van der Waals surface area contributed by atoms with Crippen LogP contribution in [0.25, 0.3) is 0 Å². The number of hydrogen-bond donors (Lipinski definition) is 3. The standard InChI is InChI=1S/C12H14N4O3/c1-8(13)12(14-7-17)9(2)15-10-5-3-4-6-11(10)16(18)19/h3-7,13,15H,1-2H3,(H,14,17)/b12-9+,13-8?. The predicted molar refractivity (Wildman–Crippen MR) is 72.0 cm³/mol. The maximum atomic E-state index is 10.9. The first-order chi connectivity index (χ1) is 8.97. The van der Waals surface area contributed by atoms with Gasteiger partial charge in [-0.05, 0) is 19.9 Å². The van der Waals surface area contributed by atoms with Gasteiger partial charge in [-0.3, -0.25) is 14.9 Å². The van der Waals surface area contributed by atoms with Gasteiger partial charge < -0.3 is 16.0 Å². The van der Waals surface area contributed by atoms with Gasteiger partial charge in [-0.15, -0.1) is 0 Å². The van der Waals surface area contributed by atoms with E-state index < -0.39 is 4.92 Å². The van der Waals surface area contributed by atoms with Gasteiger partial charge >= 0.3 is 0 Å². The number of rotatable bonds is 6. The first kappa shape index (κ1) is 14.4. The molecule has 0 spiro atoms. The number of anilines is 1. The van der Waals surface area contributed by atoms with Crippen LogP contribution < -0.4 is 10.6 Å². The first-order valence-electron chi connectivity index (χ1n) is 5.44. The van der Waals surface area contributed by atoms with E-state index in [2.05, 4.69) is 10.6 Å². The number of para-hydroxylation sites is 2. The molecule has 0 bridgehead atoms. The van der Waals surface area contributed by atoms with Crippen LogP contribution in [0.5, 0.6) is 0 Å². The van der Waals surface area contributed by atoms with Crippen molar-refractivity contribution in [2.24, 2.45) is 0 Å². The summed E-state index contributed by atoms with van der Waals surface area (Å²) in [4.78, 5) is 20.8. The van der Waals surface area contributed by atoms with Crippen LogP contribution >= 0.6 is 0 Å². The molecule has 0 fully saturated rings. The number of nitrogens with zero attached hydrogens (tertiary/aromatic N) is 1. The molecular formula is C12H14N4O3. The molecule has 0 radical (unpaired) electrons. The summed E-state index contributed by atoms with van der Waals surface area (Å²) in [7, 11) is 0. The van der Waals surface area contributed by atoms with Gasteiger partial charge in [0.2, 0.25) is 6.41 Å². The molecule has 0 saturated heterocycles. The Balaban J connectivity index is 3.14. The third-order valence-corrected chi connectivity index (χ3v) is 2.38. The van der Waals surface area contributed by atoms with E-state index in [1.807, 2.05) is 0 Å². The quantitative estimate of drug-likeness (QED) is 0.315. The first-order valence-corrected chi connectivity index (χ1v) is 5.44. The molecule has 0 saturated carbocycles. The smallest absolute Gasteiger partial charge is 0.292 e. The molecule has 1 aromatic carbocycles. The number of nitro benzene ring substituents is 1. The molecule has 19 heavy (non-hydrogen) atoms. The number of benzene rings is 1. The van der Waals surface area contributed by atoms with Gasteiger partial charge in [0.25, 0.3) is 5.69 Å². The largest absolute Gasteiger partial charge is 0.352 e. The highest BCUT2D eigenvalue weighted by Crippen LogP contribution is 2.24. The third kappa shape index (κ3) is 3.63. The number of carbonyl (C=O) groups excluding carboxylic acids is 1. The molecule has 7 heteroatoms. The molecule has 0 heterocycles. The highest BCUT2D eigenvalue weighted by atomic mass is 16.6. The lowest BCUT2D eigenvalue weighted by Crippen LogP contribution is -2.20. The highest BCUT2D eigenvalue weighted by molar-refractivity contribution is 5.98. The van der Waals surface area contributed by atoms with Crippen molar-refractivity contribution in [2.45, 2.75) is 13.8 Å². The fourth-order valence-corrected chi connectivity index (χ4v) is 1.56. The second-order valence-corrected chi connectivity index (χ2v) is 3.79. The van der Waals surface area contributed by atoms with Crippen LogP contribution in [0.2, 0.25) is 0 Å². The summed E-state index contributed by atoms with van der Waals surface area (Å²) in [5.41, 5.74) is 1.11. The molecule has 3 N–H and O–H groups in total. The number of amides is 1. The van der Waals surface area contributed by atoms with Gasteiger partial charge in [-0.1, -0.05) is 12.1 Å². The van der Waals surface area contributed by atoms with Gasteiger partial charge in [-0.25, -0.2) is 0 Å². The summed E-state index contributed by atoms with van der Waals surface area (Å²) in [6.07, 6.45) is 0.456. The second kappa shape index (κ2) is 6.29. The summed E-state index contributed by atoms with van der Waals surface area (Å²) < 4.78 is 0. The molecular weight excluding hydrogens is 248 g/mol. The molecule has 1 aromatic rings. The minimum atomic E-state index is -0.500. The van der Waals surface area contributed by atoms with Crippen LogP contribution in [-0.2, 0) is 4.79 Å². The van der Waals surface area contributed by atoms with Crippen LogP contribution in [-0.4, -0.2) is 17.0 Å². The fourth-order valence-electron chi connectivity index (χ4n) is 1.56. The SMILES string of the molecule is CC(=N)/C(NC=O)=C(/C)Nc1ccccc1[N+](=O)[O-]. The van der Waals surface area contributed by atoms with E-state index in [-0.39, 0.29) is 17.1 Å². The maximum Gasteiger partial charge on any atom is 0.292 e. The average molecular weight is 262 g/mol. The zero-order chi connectivity index (χ0) is 14.4. The number of allylic oxidation sites excluding steroid dienone is 2. The molecule has 0 aliphatic carbocycles. The molecule has 1 amide bonds. The van der Waals surface area contributed by atoms with Crippen molar-refractivity contribution < 1.29 is 9.72 Å². The van der Waals surface area contributed by atoms with E-state index in [1.54, 1.807) is 25.1 Å². The molecule has 0 atom stereocenters. The summed E-state index contributed by atoms with van der Waals surface area (Å²) >= 11 is 0. The Bertz CT molecular complexity index is 552. The minimum absolute atomic E-state index is 0.0741. The van der Waals surface area contributed by atoms with Crippen molar-refractivity contribution in [2.75, 3.05) is 5.32 Å². The summed E-state index contributed by atoms with van der Waals surface area (Å²) in [6, 6.07) is 6.15. The third-order valence-electron chi connectivity index (χ3n) is 2.38. The Morgan fingerprint density at radius 3 is 2.53 bits per heavy atom. The fraction of sp³-hybridized carbons (Fsp3) is 0.167. The topological polar surface area (TPSA) is 108 Å². The van der Waals surface area contributed by atoms with E-state index in [4.69, 9.17) is 5.41 Å².